The van der Waals surface area contributed by atoms with Crippen LogP contribution in [0.4, 0.5) is 11.4 Å². The molecule has 2 rings (SSSR count). The van der Waals surface area contributed by atoms with E-state index in [9.17, 15) is 13.2 Å². The lowest BCUT2D eigenvalue weighted by Gasteiger charge is -2.10. The van der Waals surface area contributed by atoms with E-state index in [1.54, 1.807) is 18.2 Å². The van der Waals surface area contributed by atoms with Crippen molar-refractivity contribution in [1.82, 2.24) is 0 Å². The predicted molar refractivity (Wildman–Crippen MR) is 77.4 cm³/mol. The number of ether oxygens (including phenoxy) is 1. The Kier molecular flexibility index (Phi) is 4.17. The van der Waals surface area contributed by atoms with Crippen molar-refractivity contribution in [2.75, 3.05) is 29.7 Å². The van der Waals surface area contributed by atoms with Crippen LogP contribution < -0.4 is 15.8 Å². The highest BCUT2D eigenvalue weighted by molar-refractivity contribution is 7.91. The van der Waals surface area contributed by atoms with Crippen molar-refractivity contribution in [3.05, 3.63) is 18.2 Å². The van der Waals surface area contributed by atoms with Crippen LogP contribution in [0.15, 0.2) is 18.2 Å². The van der Waals surface area contributed by atoms with Gasteiger partial charge in [-0.25, -0.2) is 8.42 Å². The second-order valence-corrected chi connectivity index (χ2v) is 7.21. The number of sulfone groups is 1. The minimum atomic E-state index is -2.95. The molecule has 3 N–H and O–H groups in total. The molecule has 6 nitrogen and oxygen atoms in total. The second kappa shape index (κ2) is 5.70. The first-order chi connectivity index (χ1) is 9.39. The van der Waals surface area contributed by atoms with Crippen molar-refractivity contribution in [1.29, 1.82) is 0 Å². The van der Waals surface area contributed by atoms with E-state index >= 15 is 0 Å². The first-order valence-corrected chi connectivity index (χ1v) is 8.15. The molecule has 0 aromatic heterocycles. The van der Waals surface area contributed by atoms with Gasteiger partial charge in [-0.15, -0.1) is 0 Å². The molecule has 7 heteroatoms. The van der Waals surface area contributed by atoms with Gasteiger partial charge in [0, 0.05) is 12.1 Å². The number of carbonyl (C=O) groups is 1. The smallest absolute Gasteiger partial charge is 0.224 e. The van der Waals surface area contributed by atoms with E-state index in [1.807, 2.05) is 0 Å². The van der Waals surface area contributed by atoms with Gasteiger partial charge in [-0.3, -0.25) is 4.79 Å². The molecule has 1 atom stereocenters. The van der Waals surface area contributed by atoms with Gasteiger partial charge < -0.3 is 15.8 Å². The molecule has 1 fully saturated rings. The molecule has 20 heavy (non-hydrogen) atoms. The fourth-order valence-electron chi connectivity index (χ4n) is 2.32. The molecule has 0 saturated carbocycles. The zero-order chi connectivity index (χ0) is 14.8. The molecular formula is C13H18N2O4S. The summed E-state index contributed by atoms with van der Waals surface area (Å²) in [5.41, 5.74) is 6.77. The lowest BCUT2D eigenvalue weighted by molar-refractivity contribution is -0.116. The third-order valence-electron chi connectivity index (χ3n) is 3.31. The van der Waals surface area contributed by atoms with E-state index in [4.69, 9.17) is 10.5 Å². The maximum atomic E-state index is 11.9. The summed E-state index contributed by atoms with van der Waals surface area (Å²) in [7, 11) is -1.43. The van der Waals surface area contributed by atoms with Crippen LogP contribution in [0.3, 0.4) is 0 Å². The van der Waals surface area contributed by atoms with Crippen molar-refractivity contribution < 1.29 is 17.9 Å². The van der Waals surface area contributed by atoms with Gasteiger partial charge in [-0.05, 0) is 30.5 Å². The van der Waals surface area contributed by atoms with Crippen LogP contribution in [0, 0.1) is 5.92 Å². The zero-order valence-electron chi connectivity index (χ0n) is 11.3. The number of hydrogen-bond acceptors (Lipinski definition) is 5. The van der Waals surface area contributed by atoms with Gasteiger partial charge in [0.05, 0.1) is 24.3 Å². The van der Waals surface area contributed by atoms with Crippen LogP contribution in [-0.2, 0) is 14.6 Å². The first-order valence-electron chi connectivity index (χ1n) is 6.33. The highest BCUT2D eigenvalue weighted by Crippen LogP contribution is 2.26. The highest BCUT2D eigenvalue weighted by Gasteiger charge is 2.29. The van der Waals surface area contributed by atoms with E-state index in [2.05, 4.69) is 5.32 Å². The average Bonchev–Trinajstić information content (AvgIpc) is 2.68. The van der Waals surface area contributed by atoms with Crippen LogP contribution in [0.5, 0.6) is 5.75 Å². The Morgan fingerprint density at radius 2 is 2.25 bits per heavy atom. The molecule has 1 saturated heterocycles. The van der Waals surface area contributed by atoms with E-state index in [-0.39, 0.29) is 29.8 Å². The summed E-state index contributed by atoms with van der Waals surface area (Å²) < 4.78 is 27.7. The summed E-state index contributed by atoms with van der Waals surface area (Å²) in [5.74, 6) is 0.545. The Labute approximate surface area is 118 Å². The van der Waals surface area contributed by atoms with Crippen molar-refractivity contribution in [2.45, 2.75) is 12.8 Å². The zero-order valence-corrected chi connectivity index (χ0v) is 12.1. The van der Waals surface area contributed by atoms with Crippen LogP contribution >= 0.6 is 0 Å². The third kappa shape index (κ3) is 3.63. The number of nitrogen functional groups attached to an aromatic ring is 1. The number of nitrogens with one attached hydrogen (secondary N) is 1. The largest absolute Gasteiger partial charge is 0.495 e. The molecule has 110 valence electrons. The lowest BCUT2D eigenvalue weighted by Crippen LogP contribution is -2.17. The number of carbonyl (C=O) groups excluding carboxylic acids is 1. The molecule has 1 amide bonds. The van der Waals surface area contributed by atoms with Crippen molar-refractivity contribution in [3.63, 3.8) is 0 Å². The monoisotopic (exact) mass is 298 g/mol. The Morgan fingerprint density at radius 3 is 2.80 bits per heavy atom. The van der Waals surface area contributed by atoms with Gasteiger partial charge in [0.15, 0.2) is 9.84 Å². The summed E-state index contributed by atoms with van der Waals surface area (Å²) in [6.07, 6.45) is 0.770. The molecule has 0 radical (unpaired) electrons. The number of nitrogens with two attached hydrogens (primary N) is 1. The van der Waals surface area contributed by atoms with Gasteiger partial charge in [0.2, 0.25) is 5.91 Å². The Balaban J connectivity index is 1.93. The van der Waals surface area contributed by atoms with Crippen LogP contribution in [0.25, 0.3) is 0 Å². The van der Waals surface area contributed by atoms with Gasteiger partial charge in [0.1, 0.15) is 5.75 Å². The quantitative estimate of drug-likeness (QED) is 0.809. The Morgan fingerprint density at radius 1 is 1.50 bits per heavy atom. The third-order valence-corrected chi connectivity index (χ3v) is 5.15. The van der Waals surface area contributed by atoms with Crippen LogP contribution in [-0.4, -0.2) is 32.9 Å². The van der Waals surface area contributed by atoms with Crippen molar-refractivity contribution >= 4 is 27.1 Å². The minimum Gasteiger partial charge on any atom is -0.495 e. The van der Waals surface area contributed by atoms with Crippen LogP contribution in [0.1, 0.15) is 12.8 Å². The van der Waals surface area contributed by atoms with E-state index in [0.29, 0.717) is 23.5 Å². The fraction of sp³-hybridized carbons (Fsp3) is 0.462. The fourth-order valence-corrected chi connectivity index (χ4v) is 4.18. The van der Waals surface area contributed by atoms with Crippen LogP contribution in [0.2, 0.25) is 0 Å². The van der Waals surface area contributed by atoms with Gasteiger partial charge in [0.25, 0.3) is 0 Å². The molecule has 1 aromatic rings. The molecule has 1 unspecified atom stereocenters. The average molecular weight is 298 g/mol. The van der Waals surface area contributed by atoms with E-state index in [1.165, 1.54) is 7.11 Å². The lowest BCUT2D eigenvalue weighted by atomic mass is 10.0. The molecule has 0 bridgehead atoms. The molecule has 1 aromatic carbocycles. The van der Waals surface area contributed by atoms with Crippen molar-refractivity contribution in [3.8, 4) is 5.75 Å². The number of methoxy groups -OCH3 is 1. The summed E-state index contributed by atoms with van der Waals surface area (Å²) >= 11 is 0. The number of hydrogen-bond donors (Lipinski definition) is 2. The molecule has 1 heterocycles. The topological polar surface area (TPSA) is 98.5 Å². The maximum Gasteiger partial charge on any atom is 0.224 e. The SMILES string of the molecule is COc1ccc(NC(=O)CC2CCS(=O)(=O)C2)cc1N. The van der Waals surface area contributed by atoms with Gasteiger partial charge in [-0.2, -0.15) is 0 Å². The Hall–Kier alpha value is -1.76. The summed E-state index contributed by atoms with van der Waals surface area (Å²) in [6, 6.07) is 4.98. The molecule has 1 aliphatic heterocycles. The Bertz CT molecular complexity index is 613. The summed E-state index contributed by atoms with van der Waals surface area (Å²) in [6.45, 7) is 0. The molecular weight excluding hydrogens is 280 g/mol. The molecule has 0 aliphatic carbocycles. The maximum absolute atomic E-state index is 11.9. The minimum absolute atomic E-state index is 0.0874. The number of rotatable bonds is 4. The first kappa shape index (κ1) is 14.6. The van der Waals surface area contributed by atoms with E-state index in [0.717, 1.165) is 0 Å². The number of anilines is 2. The standard InChI is InChI=1S/C13H18N2O4S/c1-19-12-3-2-10(7-11(12)14)15-13(16)6-9-4-5-20(17,18)8-9/h2-3,7,9H,4-6,8,14H2,1H3,(H,15,16). The summed E-state index contributed by atoms with van der Waals surface area (Å²) in [5, 5.41) is 2.72. The predicted octanol–water partition coefficient (Wildman–Crippen LogP) is 1.04. The van der Waals surface area contributed by atoms with Gasteiger partial charge >= 0.3 is 0 Å². The highest BCUT2D eigenvalue weighted by atomic mass is 32.2. The number of benzene rings is 1. The molecule has 0 spiro atoms. The second-order valence-electron chi connectivity index (χ2n) is 4.98. The summed E-state index contributed by atoms with van der Waals surface area (Å²) in [4.78, 5) is 11.9. The normalized spacial score (nSPS) is 20.6. The number of amides is 1. The van der Waals surface area contributed by atoms with E-state index < -0.39 is 9.84 Å². The van der Waals surface area contributed by atoms with Crippen molar-refractivity contribution in [2.24, 2.45) is 5.92 Å². The molecule has 1 aliphatic rings. The van der Waals surface area contributed by atoms with Gasteiger partial charge in [-0.1, -0.05) is 0 Å².